The summed E-state index contributed by atoms with van der Waals surface area (Å²) in [5.74, 6) is 0.849. The van der Waals surface area contributed by atoms with Gasteiger partial charge in [0.25, 0.3) is 0 Å². The largest absolute Gasteiger partial charge is 0.495 e. The third-order valence-corrected chi connectivity index (χ3v) is 3.98. The van der Waals surface area contributed by atoms with Crippen LogP contribution in [0.2, 0.25) is 0 Å². The molecule has 2 aromatic heterocycles. The summed E-state index contributed by atoms with van der Waals surface area (Å²) in [6, 6.07) is 7.53. The fraction of sp³-hybridized carbons (Fsp3) is 0.300. The molecule has 0 fully saturated rings. The van der Waals surface area contributed by atoms with E-state index in [4.69, 9.17) is 9.47 Å². The molecule has 0 atom stereocenters. The lowest BCUT2D eigenvalue weighted by atomic mass is 10.1. The first-order valence-corrected chi connectivity index (χ1v) is 8.69. The van der Waals surface area contributed by atoms with Crippen LogP contribution < -0.4 is 4.74 Å². The van der Waals surface area contributed by atoms with Gasteiger partial charge in [0.1, 0.15) is 11.6 Å². The number of aryl methyl sites for hydroxylation is 2. The molecule has 140 valence electrons. The summed E-state index contributed by atoms with van der Waals surface area (Å²) >= 11 is 0. The van der Waals surface area contributed by atoms with Gasteiger partial charge in [-0.25, -0.2) is 19.7 Å². The van der Waals surface area contributed by atoms with Gasteiger partial charge in [-0.15, -0.1) is 0 Å². The van der Waals surface area contributed by atoms with Crippen LogP contribution in [0.5, 0.6) is 5.75 Å². The number of methoxy groups -OCH3 is 1. The van der Waals surface area contributed by atoms with Gasteiger partial charge in [0.05, 0.1) is 31.4 Å². The van der Waals surface area contributed by atoms with Crippen LogP contribution in [0, 0.1) is 13.8 Å². The van der Waals surface area contributed by atoms with Crippen molar-refractivity contribution in [3.05, 3.63) is 65.3 Å². The molecule has 27 heavy (non-hydrogen) atoms. The molecule has 1 aromatic carbocycles. The van der Waals surface area contributed by atoms with Crippen molar-refractivity contribution in [2.75, 3.05) is 13.7 Å². The van der Waals surface area contributed by atoms with Gasteiger partial charge in [0.15, 0.2) is 5.69 Å². The van der Waals surface area contributed by atoms with E-state index in [1.54, 1.807) is 26.4 Å². The summed E-state index contributed by atoms with van der Waals surface area (Å²) in [7, 11) is 1.63. The van der Waals surface area contributed by atoms with E-state index in [9.17, 15) is 4.79 Å². The zero-order valence-electron chi connectivity index (χ0n) is 15.9. The third kappa shape index (κ3) is 4.31. The summed E-state index contributed by atoms with van der Waals surface area (Å²) in [5.41, 5.74) is 3.81. The number of aromatic nitrogens is 4. The number of benzene rings is 1. The molecule has 0 saturated carbocycles. The fourth-order valence-electron chi connectivity index (χ4n) is 2.80. The van der Waals surface area contributed by atoms with E-state index in [2.05, 4.69) is 15.0 Å². The van der Waals surface area contributed by atoms with E-state index < -0.39 is 5.97 Å². The van der Waals surface area contributed by atoms with Crippen molar-refractivity contribution < 1.29 is 14.3 Å². The maximum Gasteiger partial charge on any atom is 0.357 e. The minimum absolute atomic E-state index is 0.275. The summed E-state index contributed by atoms with van der Waals surface area (Å²) in [5, 5.41) is 0. The van der Waals surface area contributed by atoms with Crippen molar-refractivity contribution in [3.63, 3.8) is 0 Å². The number of nitrogens with zero attached hydrogens (tertiary/aromatic N) is 4. The summed E-state index contributed by atoms with van der Waals surface area (Å²) in [6.45, 7) is 5.85. The maximum absolute atomic E-state index is 12.0. The van der Waals surface area contributed by atoms with Crippen LogP contribution in [0.3, 0.4) is 0 Å². The molecule has 2 heterocycles. The van der Waals surface area contributed by atoms with Gasteiger partial charge < -0.3 is 14.0 Å². The van der Waals surface area contributed by atoms with Crippen molar-refractivity contribution in [1.82, 2.24) is 19.5 Å². The van der Waals surface area contributed by atoms with Gasteiger partial charge in [0.2, 0.25) is 0 Å². The minimum atomic E-state index is -0.437. The zero-order chi connectivity index (χ0) is 19.4. The number of esters is 1. The topological polar surface area (TPSA) is 79.1 Å². The van der Waals surface area contributed by atoms with Crippen LogP contribution in [-0.4, -0.2) is 39.2 Å². The van der Waals surface area contributed by atoms with Gasteiger partial charge >= 0.3 is 5.97 Å². The molecule has 7 heteroatoms. The zero-order valence-corrected chi connectivity index (χ0v) is 15.9. The van der Waals surface area contributed by atoms with Gasteiger partial charge in [-0.05, 0) is 44.5 Å². The lowest BCUT2D eigenvalue weighted by molar-refractivity contribution is 0.0518. The molecule has 3 aromatic rings. The highest BCUT2D eigenvalue weighted by atomic mass is 16.5. The van der Waals surface area contributed by atoms with Crippen LogP contribution in [0.1, 0.15) is 40.2 Å². The summed E-state index contributed by atoms with van der Waals surface area (Å²) in [4.78, 5) is 25.0. The van der Waals surface area contributed by atoms with Crippen LogP contribution >= 0.6 is 0 Å². The standard InChI is InChI=1S/C20H22N4O3/c1-5-27-20(25)16-8-13(2)22-19(23-16)10-15-6-7-17(18(9-15)26-4)24-11-14(3)21-12-24/h6-9,11-12H,5,10H2,1-4H3. The van der Waals surface area contributed by atoms with Gasteiger partial charge in [-0.2, -0.15) is 0 Å². The van der Waals surface area contributed by atoms with E-state index in [1.165, 1.54) is 0 Å². The first-order chi connectivity index (χ1) is 13.0. The van der Waals surface area contributed by atoms with Gasteiger partial charge in [-0.1, -0.05) is 6.07 Å². The highest BCUT2D eigenvalue weighted by Gasteiger charge is 2.13. The lowest BCUT2D eigenvalue weighted by Gasteiger charge is -2.11. The van der Waals surface area contributed by atoms with E-state index >= 15 is 0 Å². The molecule has 0 N–H and O–H groups in total. The molecular weight excluding hydrogens is 344 g/mol. The average Bonchev–Trinajstić information content (AvgIpc) is 3.07. The normalized spacial score (nSPS) is 10.7. The Balaban J connectivity index is 1.89. The van der Waals surface area contributed by atoms with Crippen molar-refractivity contribution in [2.24, 2.45) is 0 Å². The second-order valence-corrected chi connectivity index (χ2v) is 6.14. The quantitative estimate of drug-likeness (QED) is 0.624. The molecule has 0 aliphatic rings. The Bertz CT molecular complexity index is 966. The van der Waals surface area contributed by atoms with E-state index in [0.717, 1.165) is 28.4 Å². The number of carbonyl (C=O) groups is 1. The highest BCUT2D eigenvalue weighted by Crippen LogP contribution is 2.25. The van der Waals surface area contributed by atoms with Crippen molar-refractivity contribution in [3.8, 4) is 11.4 Å². The maximum atomic E-state index is 12.0. The molecule has 0 amide bonds. The smallest absolute Gasteiger partial charge is 0.357 e. The molecule has 0 bridgehead atoms. The van der Waals surface area contributed by atoms with Crippen LogP contribution in [0.15, 0.2) is 36.8 Å². The summed E-state index contributed by atoms with van der Waals surface area (Å²) in [6.07, 6.45) is 4.17. The Hall–Kier alpha value is -3.22. The monoisotopic (exact) mass is 366 g/mol. The molecule has 0 aliphatic carbocycles. The predicted molar refractivity (Wildman–Crippen MR) is 100 cm³/mol. The van der Waals surface area contributed by atoms with Crippen molar-refractivity contribution in [1.29, 1.82) is 0 Å². The van der Waals surface area contributed by atoms with E-state index in [1.807, 2.05) is 42.8 Å². The predicted octanol–water partition coefficient (Wildman–Crippen LogP) is 3.06. The molecule has 0 unspecified atom stereocenters. The molecular formula is C20H22N4O3. The SMILES string of the molecule is CCOC(=O)c1cc(C)nc(Cc2ccc(-n3cnc(C)c3)c(OC)c2)n1. The molecule has 0 spiro atoms. The number of ether oxygens (including phenoxy) is 2. The average molecular weight is 366 g/mol. The first kappa shape index (κ1) is 18.6. The number of rotatable bonds is 6. The highest BCUT2D eigenvalue weighted by molar-refractivity contribution is 5.87. The number of carbonyl (C=O) groups excluding carboxylic acids is 1. The Kier molecular flexibility index (Phi) is 5.49. The third-order valence-electron chi connectivity index (χ3n) is 3.98. The molecule has 3 rings (SSSR count). The second kappa shape index (κ2) is 7.99. The molecule has 0 saturated heterocycles. The Morgan fingerprint density at radius 3 is 2.63 bits per heavy atom. The number of hydrogen-bond acceptors (Lipinski definition) is 6. The fourth-order valence-corrected chi connectivity index (χ4v) is 2.80. The molecule has 7 nitrogen and oxygen atoms in total. The van der Waals surface area contributed by atoms with Crippen molar-refractivity contribution >= 4 is 5.97 Å². The molecule has 0 radical (unpaired) electrons. The Morgan fingerprint density at radius 2 is 1.96 bits per heavy atom. The van der Waals surface area contributed by atoms with Crippen LogP contribution in [0.4, 0.5) is 0 Å². The van der Waals surface area contributed by atoms with Crippen LogP contribution in [-0.2, 0) is 11.2 Å². The van der Waals surface area contributed by atoms with Crippen LogP contribution in [0.25, 0.3) is 5.69 Å². The number of imidazole rings is 1. The van der Waals surface area contributed by atoms with Gasteiger partial charge in [0, 0.05) is 18.3 Å². The lowest BCUT2D eigenvalue weighted by Crippen LogP contribution is -2.11. The first-order valence-electron chi connectivity index (χ1n) is 8.69. The number of hydrogen-bond donors (Lipinski definition) is 0. The van der Waals surface area contributed by atoms with Gasteiger partial charge in [-0.3, -0.25) is 0 Å². The molecule has 0 aliphatic heterocycles. The minimum Gasteiger partial charge on any atom is -0.495 e. The van der Waals surface area contributed by atoms with E-state index in [0.29, 0.717) is 18.9 Å². The Morgan fingerprint density at radius 1 is 1.15 bits per heavy atom. The van der Waals surface area contributed by atoms with Crippen molar-refractivity contribution in [2.45, 2.75) is 27.2 Å². The Labute approximate surface area is 158 Å². The second-order valence-electron chi connectivity index (χ2n) is 6.14. The van der Waals surface area contributed by atoms with E-state index in [-0.39, 0.29) is 5.69 Å². The summed E-state index contributed by atoms with van der Waals surface area (Å²) < 4.78 is 12.5.